The molecule has 2 aromatic rings. The van der Waals surface area contributed by atoms with Gasteiger partial charge in [0, 0.05) is 31.9 Å². The van der Waals surface area contributed by atoms with Crippen molar-refractivity contribution in [2.24, 2.45) is 5.92 Å². The highest BCUT2D eigenvalue weighted by molar-refractivity contribution is 5.97. The number of benzene rings is 2. The molecule has 7 heteroatoms. The highest BCUT2D eigenvalue weighted by Crippen LogP contribution is 2.17. The van der Waals surface area contributed by atoms with Crippen LogP contribution in [0.2, 0.25) is 0 Å². The fourth-order valence-electron chi connectivity index (χ4n) is 3.34. The van der Waals surface area contributed by atoms with E-state index in [0.717, 1.165) is 18.8 Å². The van der Waals surface area contributed by atoms with Crippen LogP contribution in [0.15, 0.2) is 54.6 Å². The van der Waals surface area contributed by atoms with Gasteiger partial charge in [-0.05, 0) is 30.2 Å². The van der Waals surface area contributed by atoms with Crippen LogP contribution in [0.4, 0.5) is 20.6 Å². The van der Waals surface area contributed by atoms with Crippen LogP contribution in [0.25, 0.3) is 0 Å². The summed E-state index contributed by atoms with van der Waals surface area (Å²) >= 11 is 0. The molecule has 0 saturated carbocycles. The first-order valence-electron chi connectivity index (χ1n) is 9.86. The number of halogens is 1. The van der Waals surface area contributed by atoms with Crippen LogP contribution in [-0.2, 0) is 4.79 Å². The van der Waals surface area contributed by atoms with Crippen LogP contribution in [0, 0.1) is 11.7 Å². The first kappa shape index (κ1) is 20.6. The van der Waals surface area contributed by atoms with E-state index in [9.17, 15) is 14.0 Å². The number of piperazine rings is 1. The van der Waals surface area contributed by atoms with Crippen molar-refractivity contribution >= 4 is 23.3 Å². The van der Waals surface area contributed by atoms with E-state index < -0.39 is 17.8 Å². The maximum Gasteiger partial charge on any atom is 0.318 e. The molecule has 0 bridgehead atoms. The third-order valence-corrected chi connectivity index (χ3v) is 5.05. The van der Waals surface area contributed by atoms with E-state index in [-0.39, 0.29) is 17.6 Å². The first-order chi connectivity index (χ1) is 14.0. The second-order valence-electron chi connectivity index (χ2n) is 7.45. The number of hydrogen-bond acceptors (Lipinski definition) is 3. The molecule has 1 fully saturated rings. The van der Waals surface area contributed by atoms with Gasteiger partial charge in [0.05, 0.1) is 5.69 Å². The highest BCUT2D eigenvalue weighted by atomic mass is 19.1. The number of amides is 3. The Hall–Kier alpha value is -3.09. The smallest absolute Gasteiger partial charge is 0.318 e. The van der Waals surface area contributed by atoms with Gasteiger partial charge in [-0.3, -0.25) is 4.79 Å². The van der Waals surface area contributed by atoms with Crippen LogP contribution in [0.3, 0.4) is 0 Å². The van der Waals surface area contributed by atoms with Crippen LogP contribution < -0.4 is 15.5 Å². The van der Waals surface area contributed by atoms with Gasteiger partial charge in [0.15, 0.2) is 0 Å². The molecule has 2 aromatic carbocycles. The predicted octanol–water partition coefficient (Wildman–Crippen LogP) is 3.32. The molecule has 1 atom stereocenters. The lowest BCUT2D eigenvalue weighted by Gasteiger charge is -2.37. The van der Waals surface area contributed by atoms with Crippen molar-refractivity contribution in [2.45, 2.75) is 19.9 Å². The van der Waals surface area contributed by atoms with E-state index in [1.54, 1.807) is 17.0 Å². The lowest BCUT2D eigenvalue weighted by molar-refractivity contribution is -0.118. The molecule has 0 radical (unpaired) electrons. The normalized spacial score (nSPS) is 15.2. The molecule has 1 heterocycles. The Balaban J connectivity index is 1.57. The Morgan fingerprint density at radius 3 is 2.17 bits per heavy atom. The van der Waals surface area contributed by atoms with Gasteiger partial charge in [0.2, 0.25) is 5.91 Å². The quantitative estimate of drug-likeness (QED) is 0.812. The predicted molar refractivity (Wildman–Crippen MR) is 112 cm³/mol. The van der Waals surface area contributed by atoms with Crippen LogP contribution >= 0.6 is 0 Å². The monoisotopic (exact) mass is 398 g/mol. The topological polar surface area (TPSA) is 64.7 Å². The van der Waals surface area contributed by atoms with Gasteiger partial charge >= 0.3 is 6.03 Å². The van der Waals surface area contributed by atoms with Gasteiger partial charge in [0.1, 0.15) is 11.9 Å². The molecule has 3 amide bonds. The molecular weight excluding hydrogens is 371 g/mol. The summed E-state index contributed by atoms with van der Waals surface area (Å²) in [5.41, 5.74) is 1.24. The van der Waals surface area contributed by atoms with E-state index in [1.807, 2.05) is 32.0 Å². The van der Waals surface area contributed by atoms with E-state index in [1.165, 1.54) is 12.1 Å². The summed E-state index contributed by atoms with van der Waals surface area (Å²) in [5, 5.41) is 5.39. The number of anilines is 2. The van der Waals surface area contributed by atoms with Crippen molar-refractivity contribution in [1.82, 2.24) is 10.2 Å². The molecule has 2 N–H and O–H groups in total. The fraction of sp³-hybridized carbons (Fsp3) is 0.364. The molecular formula is C22H27FN4O2. The molecule has 1 aliphatic rings. The molecule has 3 rings (SSSR count). The maximum absolute atomic E-state index is 13.8. The van der Waals surface area contributed by atoms with Crippen molar-refractivity contribution in [3.05, 3.63) is 60.4 Å². The molecule has 0 unspecified atom stereocenters. The Morgan fingerprint density at radius 1 is 0.931 bits per heavy atom. The Labute approximate surface area is 170 Å². The maximum atomic E-state index is 13.8. The third kappa shape index (κ3) is 5.25. The fourth-order valence-corrected chi connectivity index (χ4v) is 3.34. The summed E-state index contributed by atoms with van der Waals surface area (Å²) in [6.45, 7) is 6.29. The highest BCUT2D eigenvalue weighted by Gasteiger charge is 2.28. The van der Waals surface area contributed by atoms with Gasteiger partial charge in [0.25, 0.3) is 0 Å². The minimum absolute atomic E-state index is 0.105. The number of urea groups is 1. The number of carbonyl (C=O) groups excluding carboxylic acids is 2. The SMILES string of the molecule is CC(C)[C@@H](NC(=O)N1CCN(c2ccccc2)CC1)C(=O)Nc1ccccc1F. The second-order valence-corrected chi connectivity index (χ2v) is 7.45. The lowest BCUT2D eigenvalue weighted by Crippen LogP contribution is -2.56. The zero-order valence-electron chi connectivity index (χ0n) is 16.8. The van der Waals surface area contributed by atoms with Crippen molar-refractivity contribution < 1.29 is 14.0 Å². The molecule has 6 nitrogen and oxygen atoms in total. The van der Waals surface area contributed by atoms with Gasteiger partial charge in [-0.25, -0.2) is 9.18 Å². The number of hydrogen-bond donors (Lipinski definition) is 2. The van der Waals surface area contributed by atoms with Crippen molar-refractivity contribution in [2.75, 3.05) is 36.4 Å². The summed E-state index contributed by atoms with van der Waals surface area (Å²) in [6, 6.07) is 15.0. The van der Waals surface area contributed by atoms with E-state index in [4.69, 9.17) is 0 Å². The summed E-state index contributed by atoms with van der Waals surface area (Å²) in [7, 11) is 0. The van der Waals surface area contributed by atoms with Crippen molar-refractivity contribution in [3.8, 4) is 0 Å². The molecule has 1 saturated heterocycles. The van der Waals surface area contributed by atoms with E-state index >= 15 is 0 Å². The van der Waals surface area contributed by atoms with Crippen LogP contribution in [0.1, 0.15) is 13.8 Å². The Morgan fingerprint density at radius 2 is 1.55 bits per heavy atom. The number of para-hydroxylation sites is 2. The van der Waals surface area contributed by atoms with Gasteiger partial charge < -0.3 is 20.4 Å². The molecule has 1 aliphatic heterocycles. The Bertz CT molecular complexity index is 836. The standard InChI is InChI=1S/C22H27FN4O2/c1-16(2)20(21(28)24-19-11-7-6-10-18(19)23)25-22(29)27-14-12-26(13-15-27)17-8-4-3-5-9-17/h3-11,16,20H,12-15H2,1-2H3,(H,24,28)(H,25,29)/t20-/m1/s1. The largest absolute Gasteiger partial charge is 0.368 e. The summed E-state index contributed by atoms with van der Waals surface area (Å²) < 4.78 is 13.8. The average Bonchev–Trinajstić information content (AvgIpc) is 2.74. The Kier molecular flexibility index (Phi) is 6.69. The number of nitrogens with zero attached hydrogens (tertiary/aromatic N) is 2. The van der Waals surface area contributed by atoms with Gasteiger partial charge in [-0.2, -0.15) is 0 Å². The molecule has 0 spiro atoms. The van der Waals surface area contributed by atoms with Crippen LogP contribution in [-0.4, -0.2) is 49.1 Å². The third-order valence-electron chi connectivity index (χ3n) is 5.05. The number of rotatable bonds is 5. The average molecular weight is 398 g/mol. The van der Waals surface area contributed by atoms with Crippen molar-refractivity contribution in [3.63, 3.8) is 0 Å². The number of nitrogens with one attached hydrogen (secondary N) is 2. The zero-order valence-corrected chi connectivity index (χ0v) is 16.8. The molecule has 29 heavy (non-hydrogen) atoms. The minimum Gasteiger partial charge on any atom is -0.368 e. The minimum atomic E-state index is -0.755. The molecule has 0 aliphatic carbocycles. The second kappa shape index (κ2) is 9.41. The first-order valence-corrected chi connectivity index (χ1v) is 9.86. The van der Waals surface area contributed by atoms with Gasteiger partial charge in [-0.1, -0.05) is 44.2 Å². The summed E-state index contributed by atoms with van der Waals surface area (Å²) in [5.74, 6) is -1.08. The van der Waals surface area contributed by atoms with E-state index in [0.29, 0.717) is 13.1 Å². The summed E-state index contributed by atoms with van der Waals surface area (Å²) in [4.78, 5) is 29.3. The number of carbonyl (C=O) groups is 2. The molecule has 154 valence electrons. The van der Waals surface area contributed by atoms with Crippen LogP contribution in [0.5, 0.6) is 0 Å². The molecule has 0 aromatic heterocycles. The lowest BCUT2D eigenvalue weighted by atomic mass is 10.0. The van der Waals surface area contributed by atoms with Crippen molar-refractivity contribution in [1.29, 1.82) is 0 Å². The van der Waals surface area contributed by atoms with Gasteiger partial charge in [-0.15, -0.1) is 0 Å². The summed E-state index contributed by atoms with van der Waals surface area (Å²) in [6.07, 6.45) is 0. The van der Waals surface area contributed by atoms with E-state index in [2.05, 4.69) is 27.7 Å². The zero-order chi connectivity index (χ0) is 20.8.